The number of aromatic nitrogens is 2. The molecule has 3 amide bonds. The lowest BCUT2D eigenvalue weighted by Gasteiger charge is -2.28. The third-order valence-electron chi connectivity index (χ3n) is 5.42. The Balaban J connectivity index is 2.51. The van der Waals surface area contributed by atoms with Gasteiger partial charge in [-0.2, -0.15) is 0 Å². The van der Waals surface area contributed by atoms with E-state index in [0.717, 1.165) is 0 Å². The highest BCUT2D eigenvalue weighted by molar-refractivity contribution is 6.04. The second-order valence-corrected chi connectivity index (χ2v) is 9.26. The molecule has 10 heteroatoms. The highest BCUT2D eigenvalue weighted by Crippen LogP contribution is 2.36. The first-order chi connectivity index (χ1) is 16.7. The smallest absolute Gasteiger partial charge is 0.410 e. The van der Waals surface area contributed by atoms with Crippen molar-refractivity contribution in [1.29, 1.82) is 0 Å². The van der Waals surface area contributed by atoms with Gasteiger partial charge in [0.15, 0.2) is 0 Å². The fourth-order valence-corrected chi connectivity index (χ4v) is 3.57. The second kappa shape index (κ2) is 11.1. The molecule has 0 aliphatic heterocycles. The quantitative estimate of drug-likeness (QED) is 0.526. The molecule has 0 saturated carbocycles. The number of likely N-dealkylation sites (N-methyl/N-ethyl adjacent to an activating group) is 1. The standard InChI is InChI=1S/C26H34N6O4/c1-11-18-12-17(20-14(2)29-15(3)21(22(20)27-8)24(34)28-9)13-19(30-18)31-23(33)16(4)32(10)25(35)36-26(5,6)7/h1,12-13,16H,2-10H3,(H,27,29)(H,28,34)(H,30,31,33). The van der Waals surface area contributed by atoms with Gasteiger partial charge < -0.3 is 20.7 Å². The molecule has 10 nitrogen and oxygen atoms in total. The van der Waals surface area contributed by atoms with Crippen LogP contribution in [0.4, 0.5) is 16.3 Å². The normalized spacial score (nSPS) is 11.7. The van der Waals surface area contributed by atoms with Crippen LogP contribution in [0.2, 0.25) is 0 Å². The SMILES string of the molecule is C#Cc1cc(-c2c(C)nc(C)c(C(=O)NC)c2NC)cc(NC(=O)C(C)N(C)C(=O)OC(C)(C)C)n1. The van der Waals surface area contributed by atoms with Crippen molar-refractivity contribution in [3.05, 3.63) is 34.8 Å². The van der Waals surface area contributed by atoms with Crippen molar-refractivity contribution in [3.8, 4) is 23.5 Å². The minimum absolute atomic E-state index is 0.193. The zero-order valence-corrected chi connectivity index (χ0v) is 22.3. The van der Waals surface area contributed by atoms with E-state index in [2.05, 4.69) is 31.8 Å². The number of aryl methyl sites for hydroxylation is 2. The van der Waals surface area contributed by atoms with Crippen molar-refractivity contribution in [2.24, 2.45) is 0 Å². The molecule has 0 spiro atoms. The van der Waals surface area contributed by atoms with Crippen LogP contribution >= 0.6 is 0 Å². The third kappa shape index (κ3) is 6.30. The first kappa shape index (κ1) is 28.1. The van der Waals surface area contributed by atoms with Gasteiger partial charge in [0.25, 0.3) is 5.91 Å². The van der Waals surface area contributed by atoms with Gasteiger partial charge >= 0.3 is 6.09 Å². The molecule has 0 aromatic carbocycles. The van der Waals surface area contributed by atoms with Gasteiger partial charge in [-0.3, -0.25) is 19.5 Å². The maximum Gasteiger partial charge on any atom is 0.410 e. The van der Waals surface area contributed by atoms with Crippen LogP contribution in [0.1, 0.15) is 55.1 Å². The number of rotatable bonds is 6. The van der Waals surface area contributed by atoms with E-state index in [9.17, 15) is 14.4 Å². The number of nitrogens with one attached hydrogen (secondary N) is 3. The summed E-state index contributed by atoms with van der Waals surface area (Å²) in [6.07, 6.45) is 5.02. The van der Waals surface area contributed by atoms with Crippen molar-refractivity contribution in [2.45, 2.75) is 53.2 Å². The Morgan fingerprint density at radius 1 is 1.11 bits per heavy atom. The van der Waals surface area contributed by atoms with Crippen molar-refractivity contribution < 1.29 is 19.1 Å². The molecule has 36 heavy (non-hydrogen) atoms. The molecule has 0 radical (unpaired) electrons. The molecule has 0 aliphatic rings. The van der Waals surface area contributed by atoms with Gasteiger partial charge in [0, 0.05) is 32.4 Å². The summed E-state index contributed by atoms with van der Waals surface area (Å²) in [4.78, 5) is 48.0. The summed E-state index contributed by atoms with van der Waals surface area (Å²) in [7, 11) is 4.74. The van der Waals surface area contributed by atoms with E-state index in [1.54, 1.807) is 60.8 Å². The van der Waals surface area contributed by atoms with Crippen LogP contribution in [0.15, 0.2) is 12.1 Å². The summed E-state index contributed by atoms with van der Waals surface area (Å²) in [5.74, 6) is 1.92. The van der Waals surface area contributed by atoms with Crippen molar-refractivity contribution in [3.63, 3.8) is 0 Å². The zero-order chi connectivity index (χ0) is 27.4. The number of pyridine rings is 2. The summed E-state index contributed by atoms with van der Waals surface area (Å²) >= 11 is 0. The number of anilines is 2. The van der Waals surface area contributed by atoms with E-state index >= 15 is 0 Å². The average molecular weight is 495 g/mol. The Kier molecular flexibility index (Phi) is 8.65. The fraction of sp³-hybridized carbons (Fsp3) is 0.423. The summed E-state index contributed by atoms with van der Waals surface area (Å²) in [6, 6.07) is 2.47. The Morgan fingerprint density at radius 2 is 1.75 bits per heavy atom. The van der Waals surface area contributed by atoms with Crippen LogP contribution in [-0.2, 0) is 9.53 Å². The van der Waals surface area contributed by atoms with Crippen LogP contribution in [0.25, 0.3) is 11.1 Å². The van der Waals surface area contributed by atoms with Gasteiger partial charge in [0.1, 0.15) is 23.2 Å². The summed E-state index contributed by atoms with van der Waals surface area (Å²) in [5.41, 5.74) is 3.04. The number of terminal acetylenes is 1. The highest BCUT2D eigenvalue weighted by Gasteiger charge is 2.28. The molecule has 3 N–H and O–H groups in total. The van der Waals surface area contributed by atoms with Crippen molar-refractivity contribution >= 4 is 29.4 Å². The van der Waals surface area contributed by atoms with Crippen molar-refractivity contribution in [1.82, 2.24) is 20.2 Å². The molecule has 0 bridgehead atoms. The van der Waals surface area contributed by atoms with Crippen molar-refractivity contribution in [2.75, 3.05) is 31.8 Å². The van der Waals surface area contributed by atoms with Gasteiger partial charge in [0.2, 0.25) is 5.91 Å². The number of carbonyl (C=O) groups is 3. The number of amides is 3. The lowest BCUT2D eigenvalue weighted by molar-refractivity contribution is -0.120. The predicted octanol–water partition coefficient (Wildman–Crippen LogP) is 3.34. The van der Waals surface area contributed by atoms with E-state index in [-0.39, 0.29) is 17.4 Å². The lowest BCUT2D eigenvalue weighted by Crippen LogP contribution is -2.45. The molecule has 0 fully saturated rings. The Bertz CT molecular complexity index is 1230. The number of ether oxygens (including phenoxy) is 1. The van der Waals surface area contributed by atoms with Crippen LogP contribution in [-0.4, -0.2) is 65.6 Å². The van der Waals surface area contributed by atoms with Gasteiger partial charge in [-0.05, 0) is 59.2 Å². The Hall–Kier alpha value is -4.13. The van der Waals surface area contributed by atoms with E-state index in [4.69, 9.17) is 11.2 Å². The largest absolute Gasteiger partial charge is 0.444 e. The molecule has 1 atom stereocenters. The first-order valence-corrected chi connectivity index (χ1v) is 11.4. The molecule has 2 aromatic heterocycles. The molecule has 0 aliphatic carbocycles. The van der Waals surface area contributed by atoms with Gasteiger partial charge in [0.05, 0.1) is 16.9 Å². The maximum absolute atomic E-state index is 13.0. The fourth-order valence-electron chi connectivity index (χ4n) is 3.57. The Morgan fingerprint density at radius 3 is 2.28 bits per heavy atom. The Labute approximate surface area is 212 Å². The minimum atomic E-state index is -0.852. The summed E-state index contributed by atoms with van der Waals surface area (Å²) < 4.78 is 5.34. The van der Waals surface area contributed by atoms with E-state index in [1.807, 2.05) is 6.92 Å². The molecule has 1 unspecified atom stereocenters. The summed E-state index contributed by atoms with van der Waals surface area (Å²) in [5, 5.41) is 8.47. The maximum atomic E-state index is 13.0. The predicted molar refractivity (Wildman–Crippen MR) is 140 cm³/mol. The molecular weight excluding hydrogens is 460 g/mol. The van der Waals surface area contributed by atoms with Crippen LogP contribution in [0.3, 0.4) is 0 Å². The summed E-state index contributed by atoms with van der Waals surface area (Å²) in [6.45, 7) is 10.4. The third-order valence-corrected chi connectivity index (χ3v) is 5.42. The molecular formula is C26H34N6O4. The topological polar surface area (TPSA) is 126 Å². The number of nitrogens with zero attached hydrogens (tertiary/aromatic N) is 3. The highest BCUT2D eigenvalue weighted by atomic mass is 16.6. The van der Waals surface area contributed by atoms with Crippen LogP contribution in [0, 0.1) is 26.2 Å². The number of carbonyl (C=O) groups excluding carboxylic acids is 3. The molecule has 0 saturated heterocycles. The zero-order valence-electron chi connectivity index (χ0n) is 22.3. The molecule has 2 aromatic rings. The molecule has 2 rings (SSSR count). The lowest BCUT2D eigenvalue weighted by atomic mass is 9.97. The monoisotopic (exact) mass is 494 g/mol. The van der Waals surface area contributed by atoms with Crippen LogP contribution in [0.5, 0.6) is 0 Å². The average Bonchev–Trinajstić information content (AvgIpc) is 2.80. The van der Waals surface area contributed by atoms with Gasteiger partial charge in [-0.25, -0.2) is 9.78 Å². The van der Waals surface area contributed by atoms with E-state index in [0.29, 0.717) is 33.8 Å². The minimum Gasteiger partial charge on any atom is -0.444 e. The molecule has 2 heterocycles. The van der Waals surface area contributed by atoms with Gasteiger partial charge in [-0.15, -0.1) is 6.42 Å². The number of hydrogen-bond acceptors (Lipinski definition) is 7. The second-order valence-electron chi connectivity index (χ2n) is 9.26. The molecule has 192 valence electrons. The first-order valence-electron chi connectivity index (χ1n) is 11.4. The van der Waals surface area contributed by atoms with Gasteiger partial charge in [-0.1, -0.05) is 5.92 Å². The van der Waals surface area contributed by atoms with E-state index < -0.39 is 23.6 Å². The van der Waals surface area contributed by atoms with Crippen LogP contribution < -0.4 is 16.0 Å². The van der Waals surface area contributed by atoms with E-state index in [1.165, 1.54) is 11.9 Å². The number of hydrogen-bond donors (Lipinski definition) is 3.